The van der Waals surface area contributed by atoms with Crippen LogP contribution >= 0.6 is 11.3 Å². The Morgan fingerprint density at radius 2 is 2.43 bits per heavy atom. The molecule has 0 aliphatic rings. The molecule has 0 radical (unpaired) electrons. The maximum Gasteiger partial charge on any atom is 0.143 e. The molecule has 0 aliphatic carbocycles. The van der Waals surface area contributed by atoms with Crippen LogP contribution in [0.2, 0.25) is 0 Å². The first kappa shape index (κ1) is 8.85. The molecular weight excluding hydrogens is 194 g/mol. The molecule has 0 saturated carbocycles. The van der Waals surface area contributed by atoms with E-state index >= 15 is 0 Å². The van der Waals surface area contributed by atoms with Crippen LogP contribution in [0.1, 0.15) is 17.5 Å². The molecule has 2 aromatic rings. The standard InChI is InChI=1S/C10H7N3S/c1-6(2)9-13-8-3-7(4-11)5-12-10(8)14-9/h3,5H,1H2,2H3. The van der Waals surface area contributed by atoms with Gasteiger partial charge in [0.15, 0.2) is 0 Å². The van der Waals surface area contributed by atoms with E-state index in [1.165, 1.54) is 11.3 Å². The number of thiazole rings is 1. The molecule has 0 atom stereocenters. The maximum absolute atomic E-state index is 8.68. The lowest BCUT2D eigenvalue weighted by Crippen LogP contribution is -1.78. The number of pyridine rings is 1. The summed E-state index contributed by atoms with van der Waals surface area (Å²) in [7, 11) is 0. The van der Waals surface area contributed by atoms with Gasteiger partial charge in [0.05, 0.1) is 5.56 Å². The van der Waals surface area contributed by atoms with Crippen LogP contribution in [-0.2, 0) is 0 Å². The van der Waals surface area contributed by atoms with Crippen molar-refractivity contribution in [3.8, 4) is 6.07 Å². The summed E-state index contributed by atoms with van der Waals surface area (Å²) in [6.45, 7) is 5.72. The summed E-state index contributed by atoms with van der Waals surface area (Å²) in [5, 5.41) is 9.56. The number of aromatic nitrogens is 2. The van der Waals surface area contributed by atoms with Crippen LogP contribution in [0.5, 0.6) is 0 Å². The largest absolute Gasteiger partial charge is 0.242 e. The van der Waals surface area contributed by atoms with Gasteiger partial charge in [-0.1, -0.05) is 17.9 Å². The van der Waals surface area contributed by atoms with E-state index in [2.05, 4.69) is 16.5 Å². The molecule has 0 fully saturated rings. The Hall–Kier alpha value is -1.73. The average molecular weight is 201 g/mol. The van der Waals surface area contributed by atoms with Crippen molar-refractivity contribution in [1.82, 2.24) is 9.97 Å². The number of rotatable bonds is 1. The third kappa shape index (κ3) is 1.38. The van der Waals surface area contributed by atoms with E-state index in [-0.39, 0.29) is 0 Å². The lowest BCUT2D eigenvalue weighted by atomic mass is 10.3. The van der Waals surface area contributed by atoms with E-state index < -0.39 is 0 Å². The molecule has 4 heteroatoms. The Labute approximate surface area is 85.4 Å². The Morgan fingerprint density at radius 1 is 1.64 bits per heavy atom. The molecule has 0 aliphatic heterocycles. The summed E-state index contributed by atoms with van der Waals surface area (Å²) in [5.74, 6) is 0. The highest BCUT2D eigenvalue weighted by Gasteiger charge is 2.05. The number of fused-ring (bicyclic) bond motifs is 1. The van der Waals surface area contributed by atoms with Crippen molar-refractivity contribution >= 4 is 27.3 Å². The molecule has 2 rings (SSSR count). The van der Waals surface area contributed by atoms with Gasteiger partial charge in [-0.25, -0.2) is 9.97 Å². The van der Waals surface area contributed by atoms with E-state index in [1.54, 1.807) is 12.3 Å². The van der Waals surface area contributed by atoms with Crippen molar-refractivity contribution in [2.75, 3.05) is 0 Å². The van der Waals surface area contributed by atoms with Crippen LogP contribution in [0, 0.1) is 11.3 Å². The second-order valence-electron chi connectivity index (χ2n) is 2.96. The van der Waals surface area contributed by atoms with Crippen LogP contribution in [0.4, 0.5) is 0 Å². The first-order valence-electron chi connectivity index (χ1n) is 4.03. The summed E-state index contributed by atoms with van der Waals surface area (Å²) < 4.78 is 0. The molecule has 0 spiro atoms. The lowest BCUT2D eigenvalue weighted by Gasteiger charge is -1.86. The summed E-state index contributed by atoms with van der Waals surface area (Å²) >= 11 is 1.49. The average Bonchev–Trinajstić information content (AvgIpc) is 2.59. The van der Waals surface area contributed by atoms with Gasteiger partial charge in [-0.2, -0.15) is 5.26 Å². The number of nitriles is 1. The normalized spacial score (nSPS) is 10.0. The molecule has 0 amide bonds. The van der Waals surface area contributed by atoms with Gasteiger partial charge in [-0.05, 0) is 18.6 Å². The molecular formula is C10H7N3S. The Morgan fingerprint density at radius 3 is 3.07 bits per heavy atom. The molecule has 0 bridgehead atoms. The lowest BCUT2D eigenvalue weighted by molar-refractivity contribution is 1.36. The van der Waals surface area contributed by atoms with Crippen molar-refractivity contribution in [3.63, 3.8) is 0 Å². The van der Waals surface area contributed by atoms with Gasteiger partial charge < -0.3 is 0 Å². The van der Waals surface area contributed by atoms with Gasteiger partial charge in [-0.15, -0.1) is 0 Å². The number of nitrogens with zero attached hydrogens (tertiary/aromatic N) is 3. The van der Waals surface area contributed by atoms with E-state index in [1.807, 2.05) is 13.0 Å². The third-order valence-electron chi connectivity index (χ3n) is 1.74. The van der Waals surface area contributed by atoms with E-state index in [4.69, 9.17) is 5.26 Å². The van der Waals surface area contributed by atoms with Crippen LogP contribution in [0.25, 0.3) is 15.9 Å². The molecule has 68 valence electrons. The summed E-state index contributed by atoms with van der Waals surface area (Å²) in [6, 6.07) is 3.78. The first-order valence-corrected chi connectivity index (χ1v) is 4.85. The molecule has 2 heterocycles. The van der Waals surface area contributed by atoms with E-state index in [0.717, 1.165) is 20.9 Å². The van der Waals surface area contributed by atoms with Gasteiger partial charge in [0.1, 0.15) is 21.4 Å². The maximum atomic E-state index is 8.68. The summed E-state index contributed by atoms with van der Waals surface area (Å²) in [6.07, 6.45) is 1.56. The van der Waals surface area contributed by atoms with Crippen molar-refractivity contribution in [1.29, 1.82) is 5.26 Å². The Kier molecular flexibility index (Phi) is 2.02. The quantitative estimate of drug-likeness (QED) is 0.712. The Balaban J connectivity index is 2.67. The smallest absolute Gasteiger partial charge is 0.143 e. The number of hydrogen-bond acceptors (Lipinski definition) is 4. The zero-order valence-corrected chi connectivity index (χ0v) is 8.43. The highest BCUT2D eigenvalue weighted by molar-refractivity contribution is 7.19. The minimum atomic E-state index is 0.538. The van der Waals surface area contributed by atoms with Crippen molar-refractivity contribution in [2.45, 2.75) is 6.92 Å². The zero-order chi connectivity index (χ0) is 10.1. The fraction of sp³-hybridized carbons (Fsp3) is 0.100. The predicted octanol–water partition coefficient (Wildman–Crippen LogP) is 2.60. The van der Waals surface area contributed by atoms with E-state index in [9.17, 15) is 0 Å². The summed E-state index contributed by atoms with van der Waals surface area (Å²) in [4.78, 5) is 9.32. The molecule has 0 N–H and O–H groups in total. The van der Waals surface area contributed by atoms with Crippen molar-refractivity contribution < 1.29 is 0 Å². The van der Waals surface area contributed by atoms with Crippen LogP contribution in [0.15, 0.2) is 18.8 Å². The number of hydrogen-bond donors (Lipinski definition) is 0. The van der Waals surface area contributed by atoms with Crippen LogP contribution < -0.4 is 0 Å². The van der Waals surface area contributed by atoms with Crippen molar-refractivity contribution in [3.05, 3.63) is 29.4 Å². The minimum absolute atomic E-state index is 0.538. The minimum Gasteiger partial charge on any atom is -0.242 e. The van der Waals surface area contributed by atoms with Gasteiger partial charge in [0.25, 0.3) is 0 Å². The molecule has 0 aromatic carbocycles. The predicted molar refractivity (Wildman–Crippen MR) is 56.8 cm³/mol. The summed E-state index contributed by atoms with van der Waals surface area (Å²) in [5.41, 5.74) is 2.23. The van der Waals surface area contributed by atoms with Gasteiger partial charge in [0.2, 0.25) is 0 Å². The highest BCUT2D eigenvalue weighted by atomic mass is 32.1. The first-order chi connectivity index (χ1) is 6.70. The molecule has 0 saturated heterocycles. The monoisotopic (exact) mass is 201 g/mol. The highest BCUT2D eigenvalue weighted by Crippen LogP contribution is 2.24. The second-order valence-corrected chi connectivity index (χ2v) is 3.94. The molecule has 14 heavy (non-hydrogen) atoms. The Bertz CT molecular complexity index is 548. The van der Waals surface area contributed by atoms with Gasteiger partial charge in [-0.3, -0.25) is 0 Å². The van der Waals surface area contributed by atoms with Crippen molar-refractivity contribution in [2.24, 2.45) is 0 Å². The molecule has 2 aromatic heterocycles. The van der Waals surface area contributed by atoms with E-state index in [0.29, 0.717) is 5.56 Å². The van der Waals surface area contributed by atoms with Crippen LogP contribution in [0.3, 0.4) is 0 Å². The second kappa shape index (κ2) is 3.20. The molecule has 3 nitrogen and oxygen atoms in total. The van der Waals surface area contributed by atoms with Crippen LogP contribution in [-0.4, -0.2) is 9.97 Å². The van der Waals surface area contributed by atoms with Gasteiger partial charge in [0, 0.05) is 6.20 Å². The third-order valence-corrected chi connectivity index (χ3v) is 2.88. The SMILES string of the molecule is C=C(C)c1nc2cc(C#N)cnc2s1. The molecule has 0 unspecified atom stereocenters. The fourth-order valence-corrected chi connectivity index (χ4v) is 1.88. The number of allylic oxidation sites excluding steroid dienone is 1. The topological polar surface area (TPSA) is 49.6 Å². The fourth-order valence-electron chi connectivity index (χ4n) is 1.07. The zero-order valence-electron chi connectivity index (χ0n) is 7.61. The van der Waals surface area contributed by atoms with Gasteiger partial charge >= 0.3 is 0 Å².